The van der Waals surface area contributed by atoms with Gasteiger partial charge in [0.1, 0.15) is 12.1 Å². The lowest BCUT2D eigenvalue weighted by Gasteiger charge is -2.33. The Hall–Kier alpha value is -2.18. The van der Waals surface area contributed by atoms with Crippen molar-refractivity contribution in [3.8, 4) is 11.1 Å². The Bertz CT molecular complexity index is 951. The van der Waals surface area contributed by atoms with Gasteiger partial charge in [-0.05, 0) is 69.8 Å². The maximum absolute atomic E-state index is 4.57. The summed E-state index contributed by atoms with van der Waals surface area (Å²) < 4.78 is 0. The van der Waals surface area contributed by atoms with E-state index in [4.69, 9.17) is 0 Å². The number of benzene rings is 1. The van der Waals surface area contributed by atoms with Crippen LogP contribution in [0.15, 0.2) is 47.9 Å². The number of fused-ring (bicyclic) bond motifs is 1. The van der Waals surface area contributed by atoms with E-state index in [1.54, 1.807) is 18.1 Å². The molecule has 1 fully saturated rings. The van der Waals surface area contributed by atoms with Crippen LogP contribution in [0.5, 0.6) is 0 Å². The van der Waals surface area contributed by atoms with Crippen molar-refractivity contribution in [3.63, 3.8) is 0 Å². The number of nitrogens with zero attached hydrogens (tertiary/aromatic N) is 4. The fraction of sp³-hybridized carbons (Fsp3) is 0.409. The molecule has 0 unspecified atom stereocenters. The first-order chi connectivity index (χ1) is 13.6. The molecule has 1 saturated carbocycles. The van der Waals surface area contributed by atoms with E-state index in [9.17, 15) is 0 Å². The molecule has 0 radical (unpaired) electrons. The SMILES string of the molecule is CSc1cncc(-c2ccc3ncnc(NC4CCC(N(C)C)CC4)c3c2)c1. The van der Waals surface area contributed by atoms with E-state index < -0.39 is 0 Å². The molecule has 2 heterocycles. The van der Waals surface area contributed by atoms with Gasteiger partial charge in [0, 0.05) is 40.3 Å². The minimum absolute atomic E-state index is 0.472. The first-order valence-corrected chi connectivity index (χ1v) is 11.0. The minimum atomic E-state index is 0.472. The van der Waals surface area contributed by atoms with Crippen LogP contribution in [0, 0.1) is 0 Å². The van der Waals surface area contributed by atoms with Gasteiger partial charge in [0.25, 0.3) is 0 Å². The summed E-state index contributed by atoms with van der Waals surface area (Å²) in [6, 6.07) is 9.72. The molecule has 1 aromatic carbocycles. The zero-order valence-electron chi connectivity index (χ0n) is 16.7. The third-order valence-corrected chi connectivity index (χ3v) is 6.38. The Balaban J connectivity index is 1.60. The van der Waals surface area contributed by atoms with Crippen molar-refractivity contribution in [1.82, 2.24) is 19.9 Å². The summed E-state index contributed by atoms with van der Waals surface area (Å²) in [5.41, 5.74) is 3.23. The molecule has 146 valence electrons. The van der Waals surface area contributed by atoms with Crippen LogP contribution >= 0.6 is 11.8 Å². The summed E-state index contributed by atoms with van der Waals surface area (Å²) in [6.45, 7) is 0. The summed E-state index contributed by atoms with van der Waals surface area (Å²) in [4.78, 5) is 16.9. The van der Waals surface area contributed by atoms with Crippen LogP contribution in [0.3, 0.4) is 0 Å². The summed E-state index contributed by atoms with van der Waals surface area (Å²) in [5, 5.41) is 4.77. The fourth-order valence-corrected chi connectivity index (χ4v) is 4.38. The van der Waals surface area contributed by atoms with Crippen LogP contribution in [0.4, 0.5) is 5.82 Å². The van der Waals surface area contributed by atoms with Gasteiger partial charge >= 0.3 is 0 Å². The number of thioether (sulfide) groups is 1. The van der Waals surface area contributed by atoms with E-state index in [0.29, 0.717) is 12.1 Å². The van der Waals surface area contributed by atoms with Crippen molar-refractivity contribution in [2.45, 2.75) is 42.7 Å². The number of anilines is 1. The molecular weight excluding hydrogens is 366 g/mol. The predicted octanol–water partition coefficient (Wildman–Crippen LogP) is 4.70. The molecule has 0 atom stereocenters. The molecule has 1 N–H and O–H groups in total. The third kappa shape index (κ3) is 4.13. The Morgan fingerprint density at radius 1 is 1.00 bits per heavy atom. The highest BCUT2D eigenvalue weighted by molar-refractivity contribution is 7.98. The molecule has 0 spiro atoms. The average molecular weight is 394 g/mol. The van der Waals surface area contributed by atoms with E-state index in [1.165, 1.54) is 25.7 Å². The maximum Gasteiger partial charge on any atom is 0.137 e. The van der Waals surface area contributed by atoms with E-state index in [1.807, 2.05) is 12.4 Å². The molecular formula is C22H27N5S. The molecule has 5 nitrogen and oxygen atoms in total. The number of nitrogens with one attached hydrogen (secondary N) is 1. The molecule has 0 aliphatic heterocycles. The Labute approximate surface area is 171 Å². The highest BCUT2D eigenvalue weighted by Crippen LogP contribution is 2.30. The highest BCUT2D eigenvalue weighted by atomic mass is 32.2. The van der Waals surface area contributed by atoms with Gasteiger partial charge in [-0.15, -0.1) is 11.8 Å². The summed E-state index contributed by atoms with van der Waals surface area (Å²) in [6.07, 6.45) is 12.4. The van der Waals surface area contributed by atoms with Crippen LogP contribution in [0.2, 0.25) is 0 Å². The lowest BCUT2D eigenvalue weighted by molar-refractivity contribution is 0.221. The number of pyridine rings is 1. The van der Waals surface area contributed by atoms with Crippen LogP contribution < -0.4 is 5.32 Å². The van der Waals surface area contributed by atoms with Gasteiger partial charge < -0.3 is 10.2 Å². The van der Waals surface area contributed by atoms with E-state index in [2.05, 4.69) is 69.8 Å². The quantitative estimate of drug-likeness (QED) is 0.634. The minimum Gasteiger partial charge on any atom is -0.367 e. The normalized spacial score (nSPS) is 19.9. The van der Waals surface area contributed by atoms with Crippen LogP contribution in [0.25, 0.3) is 22.0 Å². The molecule has 0 amide bonds. The summed E-state index contributed by atoms with van der Waals surface area (Å²) >= 11 is 1.71. The van der Waals surface area contributed by atoms with Gasteiger partial charge in [0.15, 0.2) is 0 Å². The number of rotatable bonds is 5. The van der Waals surface area contributed by atoms with Crippen molar-refractivity contribution >= 4 is 28.5 Å². The molecule has 4 rings (SSSR count). The van der Waals surface area contributed by atoms with Gasteiger partial charge in [-0.1, -0.05) is 6.07 Å². The molecule has 6 heteroatoms. The highest BCUT2D eigenvalue weighted by Gasteiger charge is 2.23. The summed E-state index contributed by atoms with van der Waals surface area (Å²) in [7, 11) is 4.36. The smallest absolute Gasteiger partial charge is 0.137 e. The van der Waals surface area contributed by atoms with Gasteiger partial charge in [0.05, 0.1) is 5.52 Å². The van der Waals surface area contributed by atoms with Crippen LogP contribution in [-0.4, -0.2) is 52.3 Å². The first-order valence-electron chi connectivity index (χ1n) is 9.81. The van der Waals surface area contributed by atoms with E-state index in [-0.39, 0.29) is 0 Å². The second-order valence-electron chi connectivity index (χ2n) is 7.68. The van der Waals surface area contributed by atoms with Gasteiger partial charge in [-0.3, -0.25) is 4.98 Å². The molecule has 0 saturated heterocycles. The number of hydrogen-bond acceptors (Lipinski definition) is 6. The lowest BCUT2D eigenvalue weighted by Crippen LogP contribution is -2.36. The standard InChI is InChI=1S/C22H27N5S/c1-27(2)18-7-5-17(6-8-18)26-22-20-11-15(4-9-21(20)24-14-25-22)16-10-19(28-3)13-23-12-16/h4,9-14,17-18H,5-8H2,1-3H3,(H,24,25,26). The van der Waals surface area contributed by atoms with Crippen LogP contribution in [-0.2, 0) is 0 Å². The van der Waals surface area contributed by atoms with Crippen molar-refractivity contribution in [3.05, 3.63) is 43.0 Å². The predicted molar refractivity (Wildman–Crippen MR) is 118 cm³/mol. The molecule has 1 aliphatic rings. The average Bonchev–Trinajstić information content (AvgIpc) is 2.74. The second-order valence-corrected chi connectivity index (χ2v) is 8.56. The van der Waals surface area contributed by atoms with Crippen molar-refractivity contribution in [2.75, 3.05) is 25.7 Å². The number of aromatic nitrogens is 3. The molecule has 3 aromatic rings. The van der Waals surface area contributed by atoms with Crippen molar-refractivity contribution in [1.29, 1.82) is 0 Å². The topological polar surface area (TPSA) is 53.9 Å². The van der Waals surface area contributed by atoms with Crippen molar-refractivity contribution in [2.24, 2.45) is 0 Å². The van der Waals surface area contributed by atoms with Crippen LogP contribution in [0.1, 0.15) is 25.7 Å². The second kappa shape index (κ2) is 8.45. The first kappa shape index (κ1) is 19.2. The molecule has 0 bridgehead atoms. The summed E-state index contributed by atoms with van der Waals surface area (Å²) in [5.74, 6) is 0.939. The maximum atomic E-state index is 4.57. The molecule has 28 heavy (non-hydrogen) atoms. The largest absolute Gasteiger partial charge is 0.367 e. The zero-order valence-corrected chi connectivity index (χ0v) is 17.5. The van der Waals surface area contributed by atoms with Gasteiger partial charge in [-0.2, -0.15) is 0 Å². The van der Waals surface area contributed by atoms with E-state index in [0.717, 1.165) is 32.7 Å². The Kier molecular flexibility index (Phi) is 5.78. The fourth-order valence-electron chi connectivity index (χ4n) is 3.97. The Morgan fingerprint density at radius 2 is 1.82 bits per heavy atom. The third-order valence-electron chi connectivity index (χ3n) is 5.69. The van der Waals surface area contributed by atoms with Gasteiger partial charge in [-0.25, -0.2) is 9.97 Å². The zero-order chi connectivity index (χ0) is 19.5. The molecule has 1 aliphatic carbocycles. The Morgan fingerprint density at radius 3 is 2.57 bits per heavy atom. The monoisotopic (exact) mass is 393 g/mol. The lowest BCUT2D eigenvalue weighted by atomic mass is 9.90. The van der Waals surface area contributed by atoms with Crippen molar-refractivity contribution < 1.29 is 0 Å². The number of hydrogen-bond donors (Lipinski definition) is 1. The van der Waals surface area contributed by atoms with E-state index >= 15 is 0 Å². The molecule has 2 aromatic heterocycles. The van der Waals surface area contributed by atoms with Gasteiger partial charge in [0.2, 0.25) is 0 Å².